The molecule has 6 heteroatoms. The first kappa shape index (κ1) is 20.2. The number of thiophene rings is 1. The summed E-state index contributed by atoms with van der Waals surface area (Å²) in [5.41, 5.74) is 8.48. The van der Waals surface area contributed by atoms with Crippen LogP contribution in [0, 0.1) is 5.82 Å². The van der Waals surface area contributed by atoms with Gasteiger partial charge in [0, 0.05) is 31.4 Å². The number of aromatic nitrogens is 1. The van der Waals surface area contributed by atoms with E-state index in [0.717, 1.165) is 31.8 Å². The molecule has 3 nitrogen and oxygen atoms in total. The van der Waals surface area contributed by atoms with Crippen LogP contribution in [-0.2, 0) is 5.60 Å². The molecular formula is C23H20BrFN2OS. The van der Waals surface area contributed by atoms with Crippen molar-refractivity contribution in [3.8, 4) is 11.3 Å². The van der Waals surface area contributed by atoms with Crippen LogP contribution in [0.3, 0.4) is 0 Å². The van der Waals surface area contributed by atoms with Crippen molar-refractivity contribution >= 4 is 37.4 Å². The molecule has 2 heterocycles. The van der Waals surface area contributed by atoms with Gasteiger partial charge < -0.3 is 10.8 Å². The molecule has 0 spiro atoms. The van der Waals surface area contributed by atoms with Crippen LogP contribution >= 0.6 is 27.3 Å². The average molecular weight is 471 g/mol. The summed E-state index contributed by atoms with van der Waals surface area (Å²) in [4.78, 5) is 5.38. The number of nitrogens with two attached hydrogens (primary N) is 1. The summed E-state index contributed by atoms with van der Waals surface area (Å²) in [5, 5.41) is 11.4. The summed E-state index contributed by atoms with van der Waals surface area (Å²) < 4.78 is 16.1. The molecule has 0 amide bonds. The van der Waals surface area contributed by atoms with Crippen molar-refractivity contribution in [1.82, 2.24) is 4.98 Å². The molecule has 0 bridgehead atoms. The highest BCUT2D eigenvalue weighted by atomic mass is 79.9. The van der Waals surface area contributed by atoms with Crippen molar-refractivity contribution in [2.45, 2.75) is 25.5 Å². The molecule has 0 aliphatic carbocycles. The second-order valence-electron chi connectivity index (χ2n) is 7.47. The van der Waals surface area contributed by atoms with Gasteiger partial charge in [-0.05, 0) is 55.1 Å². The summed E-state index contributed by atoms with van der Waals surface area (Å²) in [6, 6.07) is 16.0. The van der Waals surface area contributed by atoms with Gasteiger partial charge in [-0.3, -0.25) is 4.98 Å². The number of nitrogens with zero attached hydrogens (tertiary/aromatic N) is 1. The summed E-state index contributed by atoms with van der Waals surface area (Å²) in [6.45, 7) is 3.50. The molecule has 0 saturated heterocycles. The zero-order valence-electron chi connectivity index (χ0n) is 16.0. The topological polar surface area (TPSA) is 59.1 Å². The second kappa shape index (κ2) is 7.61. The van der Waals surface area contributed by atoms with E-state index in [9.17, 15) is 9.50 Å². The first-order valence-electron chi connectivity index (χ1n) is 9.17. The maximum atomic E-state index is 14.4. The first-order chi connectivity index (χ1) is 13.8. The predicted octanol–water partition coefficient (Wildman–Crippen LogP) is 6.14. The van der Waals surface area contributed by atoms with Crippen molar-refractivity contribution < 1.29 is 9.50 Å². The van der Waals surface area contributed by atoms with Gasteiger partial charge in [0.15, 0.2) is 0 Å². The lowest BCUT2D eigenvalue weighted by Crippen LogP contribution is -2.15. The summed E-state index contributed by atoms with van der Waals surface area (Å²) in [5.74, 6) is -0.330. The standard InChI is InChI=1S/C23H20BrFN2OS/c1-23(2,28)14-9-10-27-18(12-14)15-6-3-5-13-11-19(29-22(13)15)21(26)20-16(24)7-4-8-17(20)25/h3-12,21,28H,26H2,1-2H3/t21-/m0/s1. The minimum Gasteiger partial charge on any atom is -0.386 e. The van der Waals surface area contributed by atoms with Gasteiger partial charge in [0.2, 0.25) is 0 Å². The molecule has 0 aliphatic heterocycles. The van der Waals surface area contributed by atoms with Crippen LogP contribution in [0.5, 0.6) is 0 Å². The van der Waals surface area contributed by atoms with Gasteiger partial charge in [0.25, 0.3) is 0 Å². The van der Waals surface area contributed by atoms with Gasteiger partial charge in [-0.15, -0.1) is 11.3 Å². The number of fused-ring (bicyclic) bond motifs is 1. The SMILES string of the molecule is CC(C)(O)c1ccnc(-c2cccc3cc([C@H](N)c4c(F)cccc4Br)sc23)c1. The van der Waals surface area contributed by atoms with Crippen LogP contribution in [-0.4, -0.2) is 10.1 Å². The van der Waals surface area contributed by atoms with Crippen LogP contribution in [0.2, 0.25) is 0 Å². The summed E-state index contributed by atoms with van der Waals surface area (Å²) in [6.07, 6.45) is 1.71. The molecule has 0 fully saturated rings. The Labute approximate surface area is 181 Å². The molecule has 4 aromatic rings. The quantitative estimate of drug-likeness (QED) is 0.376. The Morgan fingerprint density at radius 3 is 2.62 bits per heavy atom. The van der Waals surface area contributed by atoms with Gasteiger partial charge in [-0.25, -0.2) is 4.39 Å². The number of hydrogen-bond donors (Lipinski definition) is 2. The number of benzene rings is 2. The van der Waals surface area contributed by atoms with Gasteiger partial charge in [0.1, 0.15) is 5.82 Å². The molecule has 0 radical (unpaired) electrons. The largest absolute Gasteiger partial charge is 0.386 e. The highest BCUT2D eigenvalue weighted by Gasteiger charge is 2.21. The Morgan fingerprint density at radius 1 is 1.14 bits per heavy atom. The molecule has 1 atom stereocenters. The summed E-state index contributed by atoms with van der Waals surface area (Å²) >= 11 is 4.95. The number of rotatable bonds is 4. The summed E-state index contributed by atoms with van der Waals surface area (Å²) in [7, 11) is 0. The van der Waals surface area contributed by atoms with E-state index in [2.05, 4.69) is 20.9 Å². The van der Waals surface area contributed by atoms with E-state index in [0.29, 0.717) is 10.0 Å². The van der Waals surface area contributed by atoms with Crippen molar-refractivity contribution in [1.29, 1.82) is 0 Å². The smallest absolute Gasteiger partial charge is 0.129 e. The predicted molar refractivity (Wildman–Crippen MR) is 120 cm³/mol. The number of pyridine rings is 1. The monoisotopic (exact) mass is 470 g/mol. The number of halogens is 2. The zero-order chi connectivity index (χ0) is 20.8. The van der Waals surface area contributed by atoms with Gasteiger partial charge in [-0.1, -0.05) is 40.2 Å². The third kappa shape index (κ3) is 3.85. The third-order valence-corrected chi connectivity index (χ3v) is 6.88. The highest BCUT2D eigenvalue weighted by molar-refractivity contribution is 9.10. The van der Waals surface area contributed by atoms with Gasteiger partial charge in [-0.2, -0.15) is 0 Å². The van der Waals surface area contributed by atoms with Crippen molar-refractivity contribution in [3.05, 3.63) is 87.1 Å². The average Bonchev–Trinajstić information content (AvgIpc) is 3.11. The zero-order valence-corrected chi connectivity index (χ0v) is 18.4. The minimum absolute atomic E-state index is 0.330. The Morgan fingerprint density at radius 2 is 1.90 bits per heavy atom. The van der Waals surface area contributed by atoms with E-state index in [-0.39, 0.29) is 5.82 Å². The van der Waals surface area contributed by atoms with Crippen molar-refractivity contribution in [2.75, 3.05) is 0 Å². The van der Waals surface area contributed by atoms with Crippen LogP contribution in [0.1, 0.15) is 35.9 Å². The molecule has 2 aromatic carbocycles. The van der Waals surface area contributed by atoms with E-state index in [1.807, 2.05) is 36.4 Å². The Balaban J connectivity index is 1.83. The maximum absolute atomic E-state index is 14.4. The molecular weight excluding hydrogens is 451 g/mol. The van der Waals surface area contributed by atoms with E-state index >= 15 is 0 Å². The van der Waals surface area contributed by atoms with Crippen LogP contribution in [0.25, 0.3) is 21.3 Å². The Bertz CT molecular complexity index is 1180. The normalized spacial score (nSPS) is 13.0. The molecule has 0 aliphatic rings. The van der Waals surface area contributed by atoms with E-state index in [1.165, 1.54) is 17.4 Å². The highest BCUT2D eigenvalue weighted by Crippen LogP contribution is 2.39. The van der Waals surface area contributed by atoms with Crippen LogP contribution in [0.4, 0.5) is 4.39 Å². The van der Waals surface area contributed by atoms with Gasteiger partial charge in [0.05, 0.1) is 17.3 Å². The van der Waals surface area contributed by atoms with Crippen molar-refractivity contribution in [3.63, 3.8) is 0 Å². The molecule has 3 N–H and O–H groups in total. The molecule has 0 saturated carbocycles. The van der Waals surface area contributed by atoms with E-state index < -0.39 is 11.6 Å². The fourth-order valence-electron chi connectivity index (χ4n) is 3.35. The first-order valence-corrected chi connectivity index (χ1v) is 10.8. The third-order valence-electron chi connectivity index (χ3n) is 4.92. The molecule has 29 heavy (non-hydrogen) atoms. The van der Waals surface area contributed by atoms with E-state index in [1.54, 1.807) is 32.2 Å². The molecule has 4 rings (SSSR count). The van der Waals surface area contributed by atoms with Gasteiger partial charge >= 0.3 is 0 Å². The molecule has 0 unspecified atom stereocenters. The minimum atomic E-state index is -0.953. The number of hydrogen-bond acceptors (Lipinski definition) is 4. The Hall–Kier alpha value is -2.12. The van der Waals surface area contributed by atoms with E-state index in [4.69, 9.17) is 5.73 Å². The molecule has 148 valence electrons. The fourth-order valence-corrected chi connectivity index (χ4v) is 5.13. The fraction of sp³-hybridized carbons (Fsp3) is 0.174. The maximum Gasteiger partial charge on any atom is 0.129 e. The number of aliphatic hydroxyl groups is 1. The molecule has 2 aromatic heterocycles. The second-order valence-corrected chi connectivity index (χ2v) is 9.41. The van der Waals surface area contributed by atoms with Crippen LogP contribution in [0.15, 0.2) is 65.3 Å². The van der Waals surface area contributed by atoms with Crippen molar-refractivity contribution in [2.24, 2.45) is 5.73 Å². The van der Waals surface area contributed by atoms with Crippen LogP contribution < -0.4 is 5.73 Å². The lowest BCUT2D eigenvalue weighted by molar-refractivity contribution is 0.0785. The lowest BCUT2D eigenvalue weighted by Gasteiger charge is -2.18. The Kier molecular flexibility index (Phi) is 5.29. The lowest BCUT2D eigenvalue weighted by atomic mass is 9.97.